The molecule has 2 amide bonds. The third-order valence-corrected chi connectivity index (χ3v) is 4.42. The van der Waals surface area contributed by atoms with Crippen molar-refractivity contribution in [2.24, 2.45) is 0 Å². The molecule has 3 aromatic carbocycles. The van der Waals surface area contributed by atoms with Gasteiger partial charge in [-0.05, 0) is 35.0 Å². The Hall–Kier alpha value is -4.11. The van der Waals surface area contributed by atoms with E-state index in [1.807, 2.05) is 42.5 Å². The molecule has 0 unspecified atom stereocenters. The van der Waals surface area contributed by atoms with E-state index in [1.165, 1.54) is 11.1 Å². The van der Waals surface area contributed by atoms with E-state index >= 15 is 0 Å². The predicted molar refractivity (Wildman–Crippen MR) is 105 cm³/mol. The summed E-state index contributed by atoms with van der Waals surface area (Å²) in [5.41, 5.74) is 3.74. The van der Waals surface area contributed by atoms with Crippen LogP contribution >= 0.6 is 0 Å². The van der Waals surface area contributed by atoms with Gasteiger partial charge in [0.2, 0.25) is 0 Å². The number of benzene rings is 3. The number of carbonyl (C=O) groups excluding carboxylic acids is 2. The molecule has 0 aromatic heterocycles. The van der Waals surface area contributed by atoms with Gasteiger partial charge in [-0.1, -0.05) is 48.5 Å². The fraction of sp³-hybridized carbons (Fsp3) is 0.0455. The van der Waals surface area contributed by atoms with Crippen LogP contribution < -0.4 is 15.2 Å². The number of amides is 2. The number of nitrogens with one attached hydrogen (secondary N) is 1. The second-order valence-corrected chi connectivity index (χ2v) is 6.12. The normalized spacial score (nSPS) is 15.0. The van der Waals surface area contributed by atoms with Crippen LogP contribution in [0.2, 0.25) is 0 Å². The number of fused-ring (bicyclic) bond motifs is 1. The minimum Gasteiger partial charge on any atom is -0.478 e. The first kappa shape index (κ1) is 17.3. The molecule has 0 bridgehead atoms. The summed E-state index contributed by atoms with van der Waals surface area (Å²) in [7, 11) is 0. The van der Waals surface area contributed by atoms with Crippen molar-refractivity contribution in [3.8, 4) is 11.8 Å². The second-order valence-electron chi connectivity index (χ2n) is 6.12. The van der Waals surface area contributed by atoms with Crippen LogP contribution in [0, 0.1) is 11.3 Å². The van der Waals surface area contributed by atoms with Crippen LogP contribution in [0.5, 0.6) is 5.75 Å². The maximum Gasteiger partial charge on any atom is 0.282 e. The summed E-state index contributed by atoms with van der Waals surface area (Å²) in [6.07, 6.45) is 1.52. The maximum atomic E-state index is 12.9. The van der Waals surface area contributed by atoms with Gasteiger partial charge in [0, 0.05) is 5.56 Å². The highest BCUT2D eigenvalue weighted by atomic mass is 16.5. The summed E-state index contributed by atoms with van der Waals surface area (Å²) in [4.78, 5) is 25.4. The molecule has 3 aromatic rings. The summed E-state index contributed by atoms with van der Waals surface area (Å²) in [6, 6.07) is 22.0. The molecule has 0 aliphatic carbocycles. The van der Waals surface area contributed by atoms with Crippen molar-refractivity contribution in [2.75, 3.05) is 11.6 Å². The SMILES string of the molecule is N#CCOc1ccc2ccccc2c1C=C1C(=O)NN(c2ccccc2)C1=O. The smallest absolute Gasteiger partial charge is 0.282 e. The van der Waals surface area contributed by atoms with E-state index in [2.05, 4.69) is 5.43 Å². The molecule has 0 spiro atoms. The van der Waals surface area contributed by atoms with Crippen molar-refractivity contribution >= 4 is 34.4 Å². The van der Waals surface area contributed by atoms with Gasteiger partial charge in [-0.3, -0.25) is 15.0 Å². The Labute approximate surface area is 161 Å². The fourth-order valence-corrected chi connectivity index (χ4v) is 3.12. The molecule has 6 heteroatoms. The summed E-state index contributed by atoms with van der Waals surface area (Å²) >= 11 is 0. The van der Waals surface area contributed by atoms with Crippen LogP contribution in [0.4, 0.5) is 5.69 Å². The highest BCUT2D eigenvalue weighted by Gasteiger charge is 2.34. The van der Waals surface area contributed by atoms with Gasteiger partial charge in [-0.2, -0.15) is 5.26 Å². The molecular weight excluding hydrogens is 354 g/mol. The topological polar surface area (TPSA) is 82.4 Å². The molecule has 1 N–H and O–H groups in total. The zero-order valence-electron chi connectivity index (χ0n) is 14.8. The number of carbonyl (C=O) groups is 2. The first-order chi connectivity index (χ1) is 13.7. The van der Waals surface area contributed by atoms with Crippen molar-refractivity contribution in [1.82, 2.24) is 5.43 Å². The molecule has 1 aliphatic heterocycles. The minimum atomic E-state index is -0.493. The molecule has 6 nitrogen and oxygen atoms in total. The molecule has 1 fully saturated rings. The predicted octanol–water partition coefficient (Wildman–Crippen LogP) is 3.20. The van der Waals surface area contributed by atoms with Gasteiger partial charge >= 0.3 is 0 Å². The lowest BCUT2D eigenvalue weighted by Gasteiger charge is -2.14. The first-order valence-corrected chi connectivity index (χ1v) is 8.63. The van der Waals surface area contributed by atoms with Gasteiger partial charge in [-0.15, -0.1) is 0 Å². The molecule has 0 atom stereocenters. The Kier molecular flexibility index (Phi) is 4.48. The highest BCUT2D eigenvalue weighted by molar-refractivity contribution is 6.32. The number of hydrazine groups is 1. The third kappa shape index (κ3) is 3.06. The molecule has 28 heavy (non-hydrogen) atoms. The van der Waals surface area contributed by atoms with Gasteiger partial charge in [0.05, 0.1) is 5.69 Å². The van der Waals surface area contributed by atoms with Crippen LogP contribution in [-0.2, 0) is 9.59 Å². The van der Waals surface area contributed by atoms with E-state index in [-0.39, 0.29) is 12.2 Å². The third-order valence-electron chi connectivity index (χ3n) is 4.42. The lowest BCUT2D eigenvalue weighted by atomic mass is 10.0. The monoisotopic (exact) mass is 369 g/mol. The Morgan fingerprint density at radius 1 is 1.00 bits per heavy atom. The van der Waals surface area contributed by atoms with Gasteiger partial charge < -0.3 is 4.74 Å². The Bertz CT molecular complexity index is 1150. The first-order valence-electron chi connectivity index (χ1n) is 8.63. The molecule has 0 saturated carbocycles. The summed E-state index contributed by atoms with van der Waals surface area (Å²) in [6.45, 7) is -0.134. The maximum absolute atomic E-state index is 12.9. The van der Waals surface area contributed by atoms with Gasteiger partial charge in [-0.25, -0.2) is 5.01 Å². The van der Waals surface area contributed by atoms with Crippen molar-refractivity contribution in [2.45, 2.75) is 0 Å². The Balaban J connectivity index is 1.82. The van der Waals surface area contributed by atoms with E-state index < -0.39 is 11.8 Å². The fourth-order valence-electron chi connectivity index (χ4n) is 3.12. The van der Waals surface area contributed by atoms with Crippen molar-refractivity contribution in [3.63, 3.8) is 0 Å². The van der Waals surface area contributed by atoms with Crippen LogP contribution in [0.25, 0.3) is 16.8 Å². The van der Waals surface area contributed by atoms with E-state index in [0.717, 1.165) is 10.8 Å². The van der Waals surface area contributed by atoms with Crippen LogP contribution in [0.15, 0.2) is 72.3 Å². The summed E-state index contributed by atoms with van der Waals surface area (Å²) < 4.78 is 5.52. The zero-order chi connectivity index (χ0) is 19.5. The number of rotatable bonds is 4. The van der Waals surface area contributed by atoms with E-state index in [0.29, 0.717) is 17.0 Å². The van der Waals surface area contributed by atoms with Crippen LogP contribution in [0.1, 0.15) is 5.56 Å². The number of para-hydroxylation sites is 1. The zero-order valence-corrected chi connectivity index (χ0v) is 14.8. The molecule has 1 saturated heterocycles. The van der Waals surface area contributed by atoms with Crippen LogP contribution in [-0.4, -0.2) is 18.4 Å². The molecule has 136 valence electrons. The molecule has 1 heterocycles. The average molecular weight is 369 g/mol. The van der Waals surface area contributed by atoms with E-state index in [9.17, 15) is 9.59 Å². The van der Waals surface area contributed by atoms with E-state index in [1.54, 1.807) is 30.3 Å². The minimum absolute atomic E-state index is 0.00186. The number of nitrogens with zero attached hydrogens (tertiary/aromatic N) is 2. The van der Waals surface area contributed by atoms with E-state index in [4.69, 9.17) is 10.00 Å². The van der Waals surface area contributed by atoms with Crippen molar-refractivity contribution in [3.05, 3.63) is 77.9 Å². The average Bonchev–Trinajstić information content (AvgIpc) is 3.02. The number of anilines is 1. The summed E-state index contributed by atoms with van der Waals surface area (Å²) in [5.74, 6) is -0.505. The Morgan fingerprint density at radius 3 is 2.54 bits per heavy atom. The lowest BCUT2D eigenvalue weighted by Crippen LogP contribution is -2.35. The van der Waals surface area contributed by atoms with Crippen molar-refractivity contribution < 1.29 is 14.3 Å². The molecule has 0 radical (unpaired) electrons. The quantitative estimate of drug-likeness (QED) is 0.565. The summed E-state index contributed by atoms with van der Waals surface area (Å²) in [5, 5.41) is 11.8. The van der Waals surface area contributed by atoms with Crippen LogP contribution in [0.3, 0.4) is 0 Å². The standard InChI is InChI=1S/C22H15N3O3/c23-12-13-28-20-11-10-15-6-4-5-9-17(15)18(20)14-19-21(26)24-25(22(19)27)16-7-2-1-3-8-16/h1-11,14H,13H2,(H,24,26). The number of hydrogen-bond acceptors (Lipinski definition) is 4. The lowest BCUT2D eigenvalue weighted by molar-refractivity contribution is -0.117. The number of hydrogen-bond donors (Lipinski definition) is 1. The van der Waals surface area contributed by atoms with Gasteiger partial charge in [0.25, 0.3) is 11.8 Å². The second kappa shape index (κ2) is 7.25. The number of ether oxygens (including phenoxy) is 1. The van der Waals surface area contributed by atoms with Gasteiger partial charge in [0.15, 0.2) is 6.61 Å². The van der Waals surface area contributed by atoms with Gasteiger partial charge in [0.1, 0.15) is 17.4 Å². The molecule has 4 rings (SSSR count). The Morgan fingerprint density at radius 2 is 1.75 bits per heavy atom. The van der Waals surface area contributed by atoms with Crippen molar-refractivity contribution in [1.29, 1.82) is 5.26 Å². The largest absolute Gasteiger partial charge is 0.478 e. The molecular formula is C22H15N3O3. The number of nitriles is 1. The molecule has 1 aliphatic rings. The highest BCUT2D eigenvalue weighted by Crippen LogP contribution is 2.31.